The summed E-state index contributed by atoms with van der Waals surface area (Å²) >= 11 is 0. The lowest BCUT2D eigenvalue weighted by molar-refractivity contribution is -0.139. The molecule has 1 aromatic heterocycles. The van der Waals surface area contributed by atoms with E-state index < -0.39 is 17.4 Å². The van der Waals surface area contributed by atoms with E-state index in [1.54, 1.807) is 13.1 Å². The summed E-state index contributed by atoms with van der Waals surface area (Å²) in [5, 5.41) is 8.83. The highest BCUT2D eigenvalue weighted by Crippen LogP contribution is 2.49. The summed E-state index contributed by atoms with van der Waals surface area (Å²) in [6, 6.07) is -0.916. The maximum absolute atomic E-state index is 10.8. The summed E-state index contributed by atoms with van der Waals surface area (Å²) in [5.41, 5.74) is 5.04. The molecule has 0 aliphatic heterocycles. The van der Waals surface area contributed by atoms with Gasteiger partial charge in [-0.25, -0.2) is 4.98 Å². The predicted molar refractivity (Wildman–Crippen MR) is 47.8 cm³/mol. The topological polar surface area (TPSA) is 89.3 Å². The van der Waals surface area contributed by atoms with Gasteiger partial charge in [0, 0.05) is 0 Å². The van der Waals surface area contributed by atoms with Crippen LogP contribution in [0.25, 0.3) is 0 Å². The molecule has 1 unspecified atom stereocenters. The second-order valence-corrected chi connectivity index (χ2v) is 3.75. The van der Waals surface area contributed by atoms with Crippen molar-refractivity contribution in [3.05, 3.63) is 17.8 Å². The molecule has 1 heterocycles. The van der Waals surface area contributed by atoms with E-state index in [0.29, 0.717) is 11.7 Å². The first-order chi connectivity index (χ1) is 6.56. The van der Waals surface area contributed by atoms with Gasteiger partial charge in [-0.2, -0.15) is 0 Å². The van der Waals surface area contributed by atoms with Gasteiger partial charge in [-0.15, -0.1) is 0 Å². The van der Waals surface area contributed by atoms with Crippen molar-refractivity contribution in [2.45, 2.75) is 31.2 Å². The second-order valence-electron chi connectivity index (χ2n) is 3.75. The molecule has 0 radical (unpaired) electrons. The highest BCUT2D eigenvalue weighted by atomic mass is 16.4. The number of nitrogens with zero attached hydrogens (tertiary/aromatic N) is 1. The van der Waals surface area contributed by atoms with Crippen LogP contribution in [-0.4, -0.2) is 22.1 Å². The average Bonchev–Trinajstić information content (AvgIpc) is 2.83. The Labute approximate surface area is 80.9 Å². The minimum absolute atomic E-state index is 0.463. The van der Waals surface area contributed by atoms with Gasteiger partial charge < -0.3 is 15.3 Å². The highest BCUT2D eigenvalue weighted by molar-refractivity contribution is 5.76. The molecule has 1 fully saturated rings. The Hall–Kier alpha value is -1.36. The molecular formula is C9H12N2O3. The number of aryl methyl sites for hydroxylation is 1. The maximum Gasteiger partial charge on any atom is 0.321 e. The fourth-order valence-corrected chi connectivity index (χ4v) is 1.61. The summed E-state index contributed by atoms with van der Waals surface area (Å²) in [7, 11) is 0. The van der Waals surface area contributed by atoms with Crippen molar-refractivity contribution in [2.24, 2.45) is 5.73 Å². The van der Waals surface area contributed by atoms with Crippen LogP contribution in [0.4, 0.5) is 0 Å². The summed E-state index contributed by atoms with van der Waals surface area (Å²) in [5.74, 6) is 0.145. The SMILES string of the molecule is Cc1cnc(C2(C(N)C(=O)O)CC2)o1. The van der Waals surface area contributed by atoms with Crippen LogP contribution >= 0.6 is 0 Å². The van der Waals surface area contributed by atoms with Crippen molar-refractivity contribution in [1.29, 1.82) is 0 Å². The molecule has 0 spiro atoms. The summed E-state index contributed by atoms with van der Waals surface area (Å²) in [6.07, 6.45) is 3.06. The maximum atomic E-state index is 10.8. The lowest BCUT2D eigenvalue weighted by Gasteiger charge is -2.15. The van der Waals surface area contributed by atoms with Crippen LogP contribution < -0.4 is 5.73 Å². The highest BCUT2D eigenvalue weighted by Gasteiger charge is 2.56. The lowest BCUT2D eigenvalue weighted by atomic mass is 9.97. The van der Waals surface area contributed by atoms with E-state index in [1.807, 2.05) is 0 Å². The van der Waals surface area contributed by atoms with Crippen molar-refractivity contribution < 1.29 is 14.3 Å². The molecule has 0 bridgehead atoms. The molecule has 14 heavy (non-hydrogen) atoms. The standard InChI is InChI=1S/C9H12N2O3/c1-5-4-11-8(14-5)9(2-3-9)6(10)7(12)13/h4,6H,2-3,10H2,1H3,(H,12,13). The molecule has 1 aliphatic rings. The summed E-state index contributed by atoms with van der Waals surface area (Å²) in [4.78, 5) is 14.8. The molecule has 0 aromatic carbocycles. The van der Waals surface area contributed by atoms with Gasteiger partial charge in [0.05, 0.1) is 11.6 Å². The third-order valence-electron chi connectivity index (χ3n) is 2.70. The fraction of sp³-hybridized carbons (Fsp3) is 0.556. The van der Waals surface area contributed by atoms with Gasteiger partial charge >= 0.3 is 5.97 Å². The van der Waals surface area contributed by atoms with Crippen molar-refractivity contribution in [2.75, 3.05) is 0 Å². The Morgan fingerprint density at radius 2 is 2.43 bits per heavy atom. The lowest BCUT2D eigenvalue weighted by Crippen LogP contribution is -2.42. The number of carbonyl (C=O) groups is 1. The zero-order chi connectivity index (χ0) is 10.3. The van der Waals surface area contributed by atoms with Crippen molar-refractivity contribution in [1.82, 2.24) is 4.98 Å². The third kappa shape index (κ3) is 1.21. The predicted octanol–water partition coefficient (Wildman–Crippen LogP) is 0.427. The number of hydrogen-bond donors (Lipinski definition) is 2. The van der Waals surface area contributed by atoms with E-state index in [9.17, 15) is 4.79 Å². The summed E-state index contributed by atoms with van der Waals surface area (Å²) in [6.45, 7) is 1.78. The van der Waals surface area contributed by atoms with Crippen LogP contribution in [0.2, 0.25) is 0 Å². The fourth-order valence-electron chi connectivity index (χ4n) is 1.61. The number of aromatic nitrogens is 1. The normalized spacial score (nSPS) is 20.4. The van der Waals surface area contributed by atoms with Crippen molar-refractivity contribution in [3.63, 3.8) is 0 Å². The molecule has 1 aromatic rings. The van der Waals surface area contributed by atoms with Crippen LogP contribution in [0.3, 0.4) is 0 Å². The molecular weight excluding hydrogens is 184 g/mol. The minimum atomic E-state index is -1.00. The van der Waals surface area contributed by atoms with Gasteiger partial charge in [0.25, 0.3) is 0 Å². The van der Waals surface area contributed by atoms with Crippen LogP contribution in [0, 0.1) is 6.92 Å². The summed E-state index contributed by atoms with van der Waals surface area (Å²) < 4.78 is 5.33. The molecule has 2 rings (SSSR count). The van der Waals surface area contributed by atoms with E-state index in [0.717, 1.165) is 12.8 Å². The van der Waals surface area contributed by atoms with E-state index in [4.69, 9.17) is 15.3 Å². The Bertz CT molecular complexity index is 368. The monoisotopic (exact) mass is 196 g/mol. The van der Waals surface area contributed by atoms with Crippen LogP contribution in [0.1, 0.15) is 24.5 Å². The minimum Gasteiger partial charge on any atom is -0.480 e. The molecule has 0 saturated heterocycles. The van der Waals surface area contributed by atoms with E-state index >= 15 is 0 Å². The smallest absolute Gasteiger partial charge is 0.321 e. The number of rotatable bonds is 3. The van der Waals surface area contributed by atoms with E-state index in [-0.39, 0.29) is 0 Å². The molecule has 1 aliphatic carbocycles. The first kappa shape index (κ1) is 9.21. The van der Waals surface area contributed by atoms with E-state index in [2.05, 4.69) is 4.98 Å². The number of aliphatic carboxylic acids is 1. The second kappa shape index (κ2) is 2.81. The van der Waals surface area contributed by atoms with Gasteiger partial charge in [0.15, 0.2) is 0 Å². The Balaban J connectivity index is 2.29. The first-order valence-corrected chi connectivity index (χ1v) is 4.47. The number of hydrogen-bond acceptors (Lipinski definition) is 4. The first-order valence-electron chi connectivity index (χ1n) is 4.47. The quantitative estimate of drug-likeness (QED) is 0.731. The molecule has 5 nitrogen and oxygen atoms in total. The Kier molecular flexibility index (Phi) is 1.85. The Morgan fingerprint density at radius 3 is 2.79 bits per heavy atom. The number of nitrogens with two attached hydrogens (primary N) is 1. The van der Waals surface area contributed by atoms with Crippen LogP contribution in [-0.2, 0) is 10.2 Å². The number of oxazole rings is 1. The molecule has 1 atom stereocenters. The zero-order valence-electron chi connectivity index (χ0n) is 7.86. The molecule has 76 valence electrons. The van der Waals surface area contributed by atoms with Gasteiger partial charge in [-0.3, -0.25) is 4.79 Å². The van der Waals surface area contributed by atoms with Gasteiger partial charge in [-0.1, -0.05) is 0 Å². The van der Waals surface area contributed by atoms with Crippen molar-refractivity contribution in [3.8, 4) is 0 Å². The Morgan fingerprint density at radius 1 is 1.79 bits per heavy atom. The zero-order valence-corrected chi connectivity index (χ0v) is 7.86. The van der Waals surface area contributed by atoms with Gasteiger partial charge in [0.2, 0.25) is 5.89 Å². The molecule has 1 saturated carbocycles. The number of carboxylic acids is 1. The third-order valence-corrected chi connectivity index (χ3v) is 2.70. The number of carboxylic acid groups (broad SMARTS) is 1. The van der Waals surface area contributed by atoms with E-state index in [1.165, 1.54) is 0 Å². The van der Waals surface area contributed by atoms with Crippen molar-refractivity contribution >= 4 is 5.97 Å². The van der Waals surface area contributed by atoms with Crippen LogP contribution in [0.5, 0.6) is 0 Å². The van der Waals surface area contributed by atoms with Gasteiger partial charge in [0.1, 0.15) is 11.8 Å². The molecule has 5 heteroatoms. The molecule has 3 N–H and O–H groups in total. The van der Waals surface area contributed by atoms with Gasteiger partial charge in [-0.05, 0) is 19.8 Å². The van der Waals surface area contributed by atoms with Crippen LogP contribution in [0.15, 0.2) is 10.6 Å². The average molecular weight is 196 g/mol. The molecule has 0 amide bonds. The largest absolute Gasteiger partial charge is 0.480 e.